The second-order valence-corrected chi connectivity index (χ2v) is 2.87. The first-order chi connectivity index (χ1) is 7.47. The molecule has 0 aromatic heterocycles. The third kappa shape index (κ3) is 2.05. The molecule has 0 amide bonds. The van der Waals surface area contributed by atoms with Crippen LogP contribution in [0.15, 0.2) is 24.3 Å². The Bertz CT molecular complexity index is 395. The van der Waals surface area contributed by atoms with Crippen molar-refractivity contribution in [2.45, 2.75) is 6.18 Å². The van der Waals surface area contributed by atoms with Gasteiger partial charge in [-0.25, -0.2) is 4.79 Å². The maximum absolute atomic E-state index is 11.8. The first-order valence-electron chi connectivity index (χ1n) is 4.17. The molecule has 0 spiro atoms. The van der Waals surface area contributed by atoms with Crippen LogP contribution in [0.1, 0.15) is 0 Å². The van der Waals surface area contributed by atoms with Crippen molar-refractivity contribution in [3.63, 3.8) is 0 Å². The minimum atomic E-state index is -5.07. The Morgan fingerprint density at radius 1 is 1.19 bits per heavy atom. The maximum Gasteiger partial charge on any atom is 0.866 e. The molecule has 0 atom stereocenters. The molecule has 0 aliphatic carbocycles. The van der Waals surface area contributed by atoms with E-state index in [1.54, 1.807) is 12.1 Å². The van der Waals surface area contributed by atoms with Crippen LogP contribution in [-0.2, 0) is 9.45 Å². The SMILES string of the molecule is O=C(OB1Oc2ccccc2O1)C(F)(F)F. The van der Waals surface area contributed by atoms with E-state index >= 15 is 0 Å². The number of benzene rings is 1. The molecule has 1 heterocycles. The van der Waals surface area contributed by atoms with Crippen molar-refractivity contribution < 1.29 is 31.9 Å². The molecule has 1 aliphatic rings. The van der Waals surface area contributed by atoms with E-state index in [-0.39, 0.29) is 11.5 Å². The molecule has 16 heavy (non-hydrogen) atoms. The molecule has 84 valence electrons. The van der Waals surface area contributed by atoms with E-state index in [0.717, 1.165) is 0 Å². The molecular formula is C8H4BF3O4. The number of carbonyl (C=O) groups is 1. The van der Waals surface area contributed by atoms with Crippen LogP contribution in [0.2, 0.25) is 0 Å². The number of alkyl halides is 3. The standard InChI is InChI=1S/C8H4BF3O4/c10-8(11,12)7(13)16-9-14-5-3-1-2-4-6(5)15-9/h1-4H. The largest absolute Gasteiger partial charge is 0.866 e. The fourth-order valence-electron chi connectivity index (χ4n) is 1.08. The highest BCUT2D eigenvalue weighted by atomic mass is 19.4. The van der Waals surface area contributed by atoms with Crippen LogP contribution in [0.4, 0.5) is 13.2 Å². The summed E-state index contributed by atoms with van der Waals surface area (Å²) in [6.45, 7) is 0. The molecule has 1 aromatic rings. The molecule has 0 saturated heterocycles. The van der Waals surface area contributed by atoms with Gasteiger partial charge in [-0.3, -0.25) is 0 Å². The van der Waals surface area contributed by atoms with Crippen molar-refractivity contribution in [2.24, 2.45) is 0 Å². The Labute approximate surface area is 88.1 Å². The highest BCUT2D eigenvalue weighted by Gasteiger charge is 2.48. The van der Waals surface area contributed by atoms with Gasteiger partial charge in [0, 0.05) is 0 Å². The summed E-state index contributed by atoms with van der Waals surface area (Å²) in [7, 11) is -1.69. The summed E-state index contributed by atoms with van der Waals surface area (Å²) < 4.78 is 49.1. The van der Waals surface area contributed by atoms with Gasteiger partial charge in [0.05, 0.1) is 0 Å². The first kappa shape index (κ1) is 10.7. The molecule has 1 aromatic carbocycles. The molecule has 8 heteroatoms. The summed E-state index contributed by atoms with van der Waals surface area (Å²) in [5.41, 5.74) is 0. The smallest absolute Gasteiger partial charge is 0.486 e. The summed E-state index contributed by atoms with van der Waals surface area (Å²) in [4.78, 5) is 10.5. The van der Waals surface area contributed by atoms with Gasteiger partial charge in [0.1, 0.15) is 11.5 Å². The summed E-state index contributed by atoms with van der Waals surface area (Å²) in [5, 5.41) is 0. The first-order valence-corrected chi connectivity index (χ1v) is 4.17. The van der Waals surface area contributed by atoms with Crippen LogP contribution in [0, 0.1) is 0 Å². The molecule has 0 fully saturated rings. The second kappa shape index (κ2) is 3.62. The van der Waals surface area contributed by atoms with Gasteiger partial charge in [0.25, 0.3) is 0 Å². The third-order valence-corrected chi connectivity index (χ3v) is 1.73. The van der Waals surface area contributed by atoms with Gasteiger partial charge in [-0.05, 0) is 12.1 Å². The zero-order chi connectivity index (χ0) is 11.8. The lowest BCUT2D eigenvalue weighted by Gasteiger charge is -2.07. The van der Waals surface area contributed by atoms with Crippen LogP contribution in [-0.4, -0.2) is 19.5 Å². The second-order valence-electron chi connectivity index (χ2n) is 2.87. The van der Waals surface area contributed by atoms with Crippen molar-refractivity contribution in [1.29, 1.82) is 0 Å². The van der Waals surface area contributed by atoms with E-state index in [0.29, 0.717) is 0 Å². The Kier molecular flexibility index (Phi) is 2.41. The van der Waals surface area contributed by atoms with Gasteiger partial charge in [0.2, 0.25) is 0 Å². The van der Waals surface area contributed by atoms with E-state index < -0.39 is 19.5 Å². The van der Waals surface area contributed by atoms with Crippen LogP contribution in [0.3, 0.4) is 0 Å². The van der Waals surface area contributed by atoms with E-state index in [1.165, 1.54) is 12.1 Å². The maximum atomic E-state index is 11.8. The average Bonchev–Trinajstić information content (AvgIpc) is 2.58. The zero-order valence-corrected chi connectivity index (χ0v) is 7.65. The summed E-state index contributed by atoms with van der Waals surface area (Å²) >= 11 is 0. The number of hydrogen-bond acceptors (Lipinski definition) is 4. The normalized spacial score (nSPS) is 13.8. The predicted octanol–water partition coefficient (Wildman–Crippen LogP) is 1.55. The van der Waals surface area contributed by atoms with Crippen molar-refractivity contribution >= 4 is 13.3 Å². The van der Waals surface area contributed by atoms with E-state index in [1.807, 2.05) is 0 Å². The predicted molar refractivity (Wildman–Crippen MR) is 45.6 cm³/mol. The molecule has 2 rings (SSSR count). The van der Waals surface area contributed by atoms with Crippen molar-refractivity contribution in [3.8, 4) is 11.5 Å². The molecule has 4 nitrogen and oxygen atoms in total. The van der Waals surface area contributed by atoms with Gasteiger partial charge in [-0.1, -0.05) is 12.1 Å². The van der Waals surface area contributed by atoms with Gasteiger partial charge >= 0.3 is 19.5 Å². The minimum Gasteiger partial charge on any atom is -0.486 e. The fraction of sp³-hybridized carbons (Fsp3) is 0.125. The summed E-state index contributed by atoms with van der Waals surface area (Å²) in [5.74, 6) is -1.91. The van der Waals surface area contributed by atoms with Crippen LogP contribution < -0.4 is 9.31 Å². The van der Waals surface area contributed by atoms with Gasteiger partial charge < -0.3 is 14.0 Å². The highest BCUT2D eigenvalue weighted by molar-refractivity contribution is 6.42. The van der Waals surface area contributed by atoms with Crippen LogP contribution >= 0.6 is 0 Å². The van der Waals surface area contributed by atoms with E-state index in [9.17, 15) is 18.0 Å². The Balaban J connectivity index is 2.00. The minimum absolute atomic E-state index is 0.225. The van der Waals surface area contributed by atoms with Crippen LogP contribution in [0.5, 0.6) is 11.5 Å². The Morgan fingerprint density at radius 2 is 1.69 bits per heavy atom. The lowest BCUT2D eigenvalue weighted by atomic mass is 10.2. The molecule has 0 radical (unpaired) electrons. The monoisotopic (exact) mass is 232 g/mol. The quantitative estimate of drug-likeness (QED) is 0.689. The molecular weight excluding hydrogens is 228 g/mol. The molecule has 0 saturated carbocycles. The van der Waals surface area contributed by atoms with Gasteiger partial charge in [0.15, 0.2) is 0 Å². The van der Waals surface area contributed by atoms with Gasteiger partial charge in [-0.15, -0.1) is 0 Å². The highest BCUT2D eigenvalue weighted by Crippen LogP contribution is 2.33. The Morgan fingerprint density at radius 3 is 2.12 bits per heavy atom. The Hall–Kier alpha value is -1.86. The zero-order valence-electron chi connectivity index (χ0n) is 7.65. The lowest BCUT2D eigenvalue weighted by Crippen LogP contribution is -2.37. The van der Waals surface area contributed by atoms with Crippen LogP contribution in [0.25, 0.3) is 0 Å². The topological polar surface area (TPSA) is 44.8 Å². The van der Waals surface area contributed by atoms with Gasteiger partial charge in [-0.2, -0.15) is 13.2 Å². The van der Waals surface area contributed by atoms with Crippen molar-refractivity contribution in [3.05, 3.63) is 24.3 Å². The molecule has 0 bridgehead atoms. The average molecular weight is 232 g/mol. The summed E-state index contributed by atoms with van der Waals surface area (Å²) in [6, 6.07) is 6.18. The lowest BCUT2D eigenvalue weighted by molar-refractivity contribution is -0.191. The fourth-order valence-corrected chi connectivity index (χ4v) is 1.08. The number of halogens is 3. The number of hydrogen-bond donors (Lipinski definition) is 0. The molecule has 0 N–H and O–H groups in total. The number of para-hydroxylation sites is 2. The van der Waals surface area contributed by atoms with E-state index in [4.69, 9.17) is 9.31 Å². The third-order valence-electron chi connectivity index (χ3n) is 1.73. The number of rotatable bonds is 1. The van der Waals surface area contributed by atoms with Crippen molar-refractivity contribution in [1.82, 2.24) is 0 Å². The molecule has 0 unspecified atom stereocenters. The van der Waals surface area contributed by atoms with Crippen molar-refractivity contribution in [2.75, 3.05) is 0 Å². The number of fused-ring (bicyclic) bond motifs is 1. The summed E-state index contributed by atoms with van der Waals surface area (Å²) in [6.07, 6.45) is -5.07. The molecule has 1 aliphatic heterocycles. The van der Waals surface area contributed by atoms with E-state index in [2.05, 4.69) is 4.65 Å². The number of carbonyl (C=O) groups excluding carboxylic acids is 1.